The summed E-state index contributed by atoms with van der Waals surface area (Å²) in [5.41, 5.74) is 2.06. The Hall–Kier alpha value is -2.63. The van der Waals surface area contributed by atoms with E-state index < -0.39 is 0 Å². The van der Waals surface area contributed by atoms with Gasteiger partial charge in [-0.3, -0.25) is 4.98 Å². The zero-order chi connectivity index (χ0) is 17.3. The predicted octanol–water partition coefficient (Wildman–Crippen LogP) is 2.52. The Bertz CT molecular complexity index is 685. The molecule has 6 heteroatoms. The van der Waals surface area contributed by atoms with Crippen LogP contribution >= 0.6 is 0 Å². The van der Waals surface area contributed by atoms with Gasteiger partial charge in [-0.2, -0.15) is 0 Å². The van der Waals surface area contributed by atoms with Crippen molar-refractivity contribution >= 4 is 5.96 Å². The largest absolute Gasteiger partial charge is 0.477 e. The molecule has 3 rings (SSSR count). The normalized spacial score (nSPS) is 14.2. The standard InChI is InChI=1S/C19H25N5O/c1-2-20-19(24-13-17-5-3-4-9-21-17)23-12-16-8-10-22-18(11-16)25-14-15-6-7-15/h3-5,8-11,15H,2,6-7,12-14H2,1H3,(H2,20,23,24). The van der Waals surface area contributed by atoms with E-state index >= 15 is 0 Å². The molecule has 25 heavy (non-hydrogen) atoms. The zero-order valence-electron chi connectivity index (χ0n) is 14.6. The van der Waals surface area contributed by atoms with Gasteiger partial charge in [0.1, 0.15) is 0 Å². The average molecular weight is 339 g/mol. The summed E-state index contributed by atoms with van der Waals surface area (Å²) in [4.78, 5) is 13.2. The lowest BCUT2D eigenvalue weighted by Gasteiger charge is -2.11. The van der Waals surface area contributed by atoms with E-state index in [1.54, 1.807) is 12.4 Å². The molecular formula is C19H25N5O. The molecule has 0 unspecified atom stereocenters. The highest BCUT2D eigenvalue weighted by molar-refractivity contribution is 5.79. The van der Waals surface area contributed by atoms with Crippen molar-refractivity contribution < 1.29 is 4.74 Å². The Kier molecular flexibility index (Phi) is 6.20. The smallest absolute Gasteiger partial charge is 0.213 e. The lowest BCUT2D eigenvalue weighted by molar-refractivity contribution is 0.288. The Morgan fingerprint density at radius 2 is 2.12 bits per heavy atom. The number of hydrogen-bond donors (Lipinski definition) is 2. The fraction of sp³-hybridized carbons (Fsp3) is 0.421. The van der Waals surface area contributed by atoms with E-state index in [0.717, 1.165) is 36.3 Å². The first-order chi connectivity index (χ1) is 12.3. The Morgan fingerprint density at radius 3 is 2.88 bits per heavy atom. The Labute approximate surface area is 148 Å². The lowest BCUT2D eigenvalue weighted by Crippen LogP contribution is -2.37. The fourth-order valence-electron chi connectivity index (χ4n) is 2.30. The number of pyridine rings is 2. The van der Waals surface area contributed by atoms with Gasteiger partial charge >= 0.3 is 0 Å². The second-order valence-electron chi connectivity index (χ2n) is 6.13. The summed E-state index contributed by atoms with van der Waals surface area (Å²) < 4.78 is 5.73. The van der Waals surface area contributed by atoms with E-state index in [-0.39, 0.29) is 0 Å². The molecule has 2 heterocycles. The molecule has 1 saturated carbocycles. The molecule has 0 bridgehead atoms. The maximum Gasteiger partial charge on any atom is 0.213 e. The third kappa shape index (κ3) is 6.06. The van der Waals surface area contributed by atoms with E-state index in [4.69, 9.17) is 4.74 Å². The maximum atomic E-state index is 5.73. The van der Waals surface area contributed by atoms with Gasteiger partial charge in [0, 0.05) is 25.0 Å². The number of guanidine groups is 1. The Morgan fingerprint density at radius 1 is 1.20 bits per heavy atom. The number of hydrogen-bond acceptors (Lipinski definition) is 4. The van der Waals surface area contributed by atoms with Crippen LogP contribution in [-0.4, -0.2) is 29.1 Å². The molecule has 1 fully saturated rings. The van der Waals surface area contributed by atoms with E-state index in [9.17, 15) is 0 Å². The molecule has 0 aromatic carbocycles. The molecule has 0 atom stereocenters. The molecule has 0 radical (unpaired) electrons. The first-order valence-corrected chi connectivity index (χ1v) is 8.83. The number of aliphatic imine (C=N–C) groups is 1. The maximum absolute atomic E-state index is 5.73. The number of rotatable bonds is 8. The first kappa shape index (κ1) is 17.2. The Balaban J connectivity index is 1.55. The topological polar surface area (TPSA) is 71.4 Å². The van der Waals surface area contributed by atoms with Crippen LogP contribution in [0.1, 0.15) is 31.0 Å². The minimum Gasteiger partial charge on any atom is -0.477 e. The van der Waals surface area contributed by atoms with Gasteiger partial charge in [-0.15, -0.1) is 0 Å². The highest BCUT2D eigenvalue weighted by Crippen LogP contribution is 2.29. The third-order valence-corrected chi connectivity index (χ3v) is 3.89. The summed E-state index contributed by atoms with van der Waals surface area (Å²) >= 11 is 0. The van der Waals surface area contributed by atoms with Crippen molar-refractivity contribution in [3.8, 4) is 5.88 Å². The van der Waals surface area contributed by atoms with Crippen LogP contribution in [0.15, 0.2) is 47.7 Å². The van der Waals surface area contributed by atoms with Gasteiger partial charge in [-0.25, -0.2) is 9.98 Å². The van der Waals surface area contributed by atoms with E-state index in [1.807, 2.05) is 37.3 Å². The minimum absolute atomic E-state index is 0.569. The van der Waals surface area contributed by atoms with Crippen molar-refractivity contribution in [1.29, 1.82) is 0 Å². The number of nitrogens with zero attached hydrogens (tertiary/aromatic N) is 3. The van der Waals surface area contributed by atoms with Gasteiger partial charge in [-0.1, -0.05) is 6.07 Å². The summed E-state index contributed by atoms with van der Waals surface area (Å²) in [6.07, 6.45) is 6.12. The minimum atomic E-state index is 0.569. The van der Waals surface area contributed by atoms with Crippen LogP contribution in [0.25, 0.3) is 0 Å². The number of aromatic nitrogens is 2. The summed E-state index contributed by atoms with van der Waals surface area (Å²) in [7, 11) is 0. The SMILES string of the molecule is CCNC(=NCc1ccnc(OCC2CC2)c1)NCc1ccccn1. The van der Waals surface area contributed by atoms with Crippen molar-refractivity contribution in [3.05, 3.63) is 54.0 Å². The van der Waals surface area contributed by atoms with E-state index in [2.05, 4.69) is 25.6 Å². The van der Waals surface area contributed by atoms with Crippen LogP contribution in [0.2, 0.25) is 0 Å². The van der Waals surface area contributed by atoms with Gasteiger partial charge in [0.05, 0.1) is 25.4 Å². The van der Waals surface area contributed by atoms with Crippen LogP contribution in [0.3, 0.4) is 0 Å². The predicted molar refractivity (Wildman–Crippen MR) is 98.3 cm³/mol. The molecule has 132 valence electrons. The van der Waals surface area contributed by atoms with Crippen LogP contribution in [0, 0.1) is 5.92 Å². The van der Waals surface area contributed by atoms with Gasteiger partial charge in [0.25, 0.3) is 0 Å². The molecule has 2 aromatic rings. The zero-order valence-corrected chi connectivity index (χ0v) is 14.6. The molecule has 0 saturated heterocycles. The molecule has 2 N–H and O–H groups in total. The second-order valence-corrected chi connectivity index (χ2v) is 6.13. The molecule has 0 aliphatic heterocycles. The second kappa shape index (κ2) is 9.01. The van der Waals surface area contributed by atoms with Gasteiger partial charge in [-0.05, 0) is 49.4 Å². The van der Waals surface area contributed by atoms with Gasteiger partial charge in [0.2, 0.25) is 5.88 Å². The lowest BCUT2D eigenvalue weighted by atomic mass is 10.3. The fourth-order valence-corrected chi connectivity index (χ4v) is 2.30. The average Bonchev–Trinajstić information content (AvgIpc) is 3.48. The molecule has 6 nitrogen and oxygen atoms in total. The number of ether oxygens (including phenoxy) is 1. The van der Waals surface area contributed by atoms with Crippen LogP contribution in [0.4, 0.5) is 0 Å². The summed E-state index contributed by atoms with van der Waals surface area (Å²) in [6.45, 7) is 4.83. The molecular weight excluding hydrogens is 314 g/mol. The molecule has 0 amide bonds. The number of nitrogens with one attached hydrogen (secondary N) is 2. The highest BCUT2D eigenvalue weighted by Gasteiger charge is 2.22. The quantitative estimate of drug-likeness (QED) is 0.571. The molecule has 2 aromatic heterocycles. The third-order valence-electron chi connectivity index (χ3n) is 3.89. The summed E-state index contributed by atoms with van der Waals surface area (Å²) in [5, 5.41) is 6.55. The van der Waals surface area contributed by atoms with Crippen molar-refractivity contribution in [2.45, 2.75) is 32.9 Å². The summed E-state index contributed by atoms with van der Waals surface area (Å²) in [6, 6.07) is 9.82. The van der Waals surface area contributed by atoms with E-state index in [1.165, 1.54) is 12.8 Å². The van der Waals surface area contributed by atoms with Crippen molar-refractivity contribution in [3.63, 3.8) is 0 Å². The van der Waals surface area contributed by atoms with Gasteiger partial charge in [0.15, 0.2) is 5.96 Å². The monoisotopic (exact) mass is 339 g/mol. The summed E-state index contributed by atoms with van der Waals surface area (Å²) in [5.74, 6) is 2.18. The van der Waals surface area contributed by atoms with Crippen LogP contribution in [0.5, 0.6) is 5.88 Å². The highest BCUT2D eigenvalue weighted by atomic mass is 16.5. The van der Waals surface area contributed by atoms with Gasteiger partial charge < -0.3 is 15.4 Å². The molecule has 0 spiro atoms. The van der Waals surface area contributed by atoms with Crippen molar-refractivity contribution in [2.75, 3.05) is 13.2 Å². The molecule has 1 aliphatic carbocycles. The van der Waals surface area contributed by atoms with Crippen molar-refractivity contribution in [2.24, 2.45) is 10.9 Å². The van der Waals surface area contributed by atoms with Crippen LogP contribution in [-0.2, 0) is 13.1 Å². The van der Waals surface area contributed by atoms with E-state index in [0.29, 0.717) is 19.0 Å². The first-order valence-electron chi connectivity index (χ1n) is 8.83. The molecule has 1 aliphatic rings. The van der Waals surface area contributed by atoms with Crippen molar-refractivity contribution in [1.82, 2.24) is 20.6 Å². The van der Waals surface area contributed by atoms with Crippen LogP contribution < -0.4 is 15.4 Å².